The summed E-state index contributed by atoms with van der Waals surface area (Å²) < 4.78 is 5.03. The van der Waals surface area contributed by atoms with Gasteiger partial charge in [0.1, 0.15) is 6.54 Å². The first-order valence-corrected chi connectivity index (χ1v) is 6.44. The van der Waals surface area contributed by atoms with Crippen molar-refractivity contribution in [2.75, 3.05) is 20.2 Å². The maximum Gasteiger partial charge on any atom is 0.325 e. The van der Waals surface area contributed by atoms with Crippen LogP contribution in [-0.4, -0.2) is 37.0 Å². The van der Waals surface area contributed by atoms with Crippen molar-refractivity contribution in [3.8, 4) is 0 Å². The molecule has 1 aromatic rings. The van der Waals surface area contributed by atoms with Crippen LogP contribution in [-0.2, 0) is 9.53 Å². The van der Waals surface area contributed by atoms with Gasteiger partial charge < -0.3 is 9.64 Å². The topological polar surface area (TPSA) is 46.6 Å². The summed E-state index contributed by atoms with van der Waals surface area (Å²) in [6.45, 7) is 4.21. The fraction of sp³-hybridized carbons (Fsp3) is 0.429. The number of nitrogens with zero attached hydrogens (tertiary/aromatic N) is 1. The quantitative estimate of drug-likeness (QED) is 0.781. The van der Waals surface area contributed by atoms with Gasteiger partial charge in [0.15, 0.2) is 0 Å². The van der Waals surface area contributed by atoms with Gasteiger partial charge in [-0.2, -0.15) is 0 Å². The van der Waals surface area contributed by atoms with Crippen LogP contribution in [0.15, 0.2) is 24.3 Å². The molecule has 19 heavy (non-hydrogen) atoms. The Balaban J connectivity index is 2.53. The lowest BCUT2D eigenvalue weighted by Crippen LogP contribution is -2.33. The Bertz CT molecular complexity index is 443. The van der Waals surface area contributed by atoms with Crippen LogP contribution in [0.4, 0.5) is 0 Å². The molecule has 5 heteroatoms. The van der Waals surface area contributed by atoms with Crippen LogP contribution in [0, 0.1) is 5.92 Å². The smallest absolute Gasteiger partial charge is 0.325 e. The molecule has 0 aromatic heterocycles. The van der Waals surface area contributed by atoms with Crippen molar-refractivity contribution in [1.82, 2.24) is 4.90 Å². The molecular formula is C14H18ClNO3. The molecule has 0 unspecified atom stereocenters. The van der Waals surface area contributed by atoms with Crippen molar-refractivity contribution in [3.05, 3.63) is 34.9 Å². The van der Waals surface area contributed by atoms with Gasteiger partial charge in [-0.25, -0.2) is 0 Å². The van der Waals surface area contributed by atoms with Gasteiger partial charge >= 0.3 is 5.97 Å². The normalized spacial score (nSPS) is 10.4. The number of amides is 1. The fourth-order valence-corrected chi connectivity index (χ4v) is 1.51. The molecule has 0 heterocycles. The zero-order chi connectivity index (χ0) is 14.4. The lowest BCUT2D eigenvalue weighted by molar-refractivity contribution is -0.145. The molecule has 0 aliphatic heterocycles. The van der Waals surface area contributed by atoms with E-state index in [4.69, 9.17) is 16.3 Å². The molecule has 0 saturated carbocycles. The Kier molecular flexibility index (Phi) is 5.83. The van der Waals surface area contributed by atoms with Crippen molar-refractivity contribution >= 4 is 23.5 Å². The van der Waals surface area contributed by atoms with Crippen LogP contribution in [0.2, 0.25) is 5.02 Å². The number of likely N-dealkylation sites (N-methyl/N-ethyl adjacent to an activating group) is 1. The van der Waals surface area contributed by atoms with Crippen LogP contribution < -0.4 is 0 Å². The molecule has 1 aromatic carbocycles. The minimum atomic E-state index is -0.404. The van der Waals surface area contributed by atoms with E-state index in [9.17, 15) is 9.59 Å². The van der Waals surface area contributed by atoms with Gasteiger partial charge in [-0.1, -0.05) is 25.4 Å². The standard InChI is InChI=1S/C14H18ClNO3/c1-10(2)9-19-13(17)8-16(3)14(18)11-4-6-12(15)7-5-11/h4-7,10H,8-9H2,1-3H3. The van der Waals surface area contributed by atoms with E-state index in [2.05, 4.69) is 0 Å². The summed E-state index contributed by atoms with van der Waals surface area (Å²) in [5.41, 5.74) is 0.489. The summed E-state index contributed by atoms with van der Waals surface area (Å²) in [5, 5.41) is 0.565. The zero-order valence-corrected chi connectivity index (χ0v) is 12.1. The minimum Gasteiger partial charge on any atom is -0.464 e. The molecule has 104 valence electrons. The molecule has 4 nitrogen and oxygen atoms in total. The number of halogens is 1. The second-order valence-electron chi connectivity index (χ2n) is 4.74. The summed E-state index contributed by atoms with van der Waals surface area (Å²) >= 11 is 5.75. The van der Waals surface area contributed by atoms with E-state index < -0.39 is 5.97 Å². The Morgan fingerprint density at radius 2 is 1.84 bits per heavy atom. The fourth-order valence-electron chi connectivity index (χ4n) is 1.38. The molecule has 0 saturated heterocycles. The van der Waals surface area contributed by atoms with E-state index in [0.717, 1.165) is 0 Å². The molecular weight excluding hydrogens is 266 g/mol. The third-order valence-electron chi connectivity index (χ3n) is 2.38. The molecule has 1 rings (SSSR count). The summed E-state index contributed by atoms with van der Waals surface area (Å²) in [6.07, 6.45) is 0. The summed E-state index contributed by atoms with van der Waals surface area (Å²) in [7, 11) is 1.56. The molecule has 0 aliphatic rings. The highest BCUT2D eigenvalue weighted by Crippen LogP contribution is 2.11. The molecule has 0 fully saturated rings. The highest BCUT2D eigenvalue weighted by Gasteiger charge is 2.15. The van der Waals surface area contributed by atoms with Crippen molar-refractivity contribution in [3.63, 3.8) is 0 Å². The van der Waals surface area contributed by atoms with E-state index >= 15 is 0 Å². The largest absolute Gasteiger partial charge is 0.464 e. The van der Waals surface area contributed by atoms with Gasteiger partial charge in [0, 0.05) is 17.6 Å². The monoisotopic (exact) mass is 283 g/mol. The van der Waals surface area contributed by atoms with E-state index in [-0.39, 0.29) is 18.4 Å². The molecule has 0 N–H and O–H groups in total. The van der Waals surface area contributed by atoms with Gasteiger partial charge in [-0.05, 0) is 30.2 Å². The molecule has 1 amide bonds. The van der Waals surface area contributed by atoms with Crippen molar-refractivity contribution in [2.24, 2.45) is 5.92 Å². The lowest BCUT2D eigenvalue weighted by atomic mass is 10.2. The van der Waals surface area contributed by atoms with Crippen LogP contribution in [0.5, 0.6) is 0 Å². The first kappa shape index (κ1) is 15.5. The number of rotatable bonds is 5. The van der Waals surface area contributed by atoms with Crippen LogP contribution in [0.25, 0.3) is 0 Å². The predicted octanol–water partition coefficient (Wildman–Crippen LogP) is 2.61. The van der Waals surface area contributed by atoms with E-state index in [0.29, 0.717) is 17.2 Å². The Hall–Kier alpha value is -1.55. The molecule has 0 atom stereocenters. The van der Waals surface area contributed by atoms with Crippen LogP contribution in [0.1, 0.15) is 24.2 Å². The van der Waals surface area contributed by atoms with E-state index in [1.807, 2.05) is 13.8 Å². The summed E-state index contributed by atoms with van der Waals surface area (Å²) in [5.74, 6) is -0.363. The van der Waals surface area contributed by atoms with Crippen molar-refractivity contribution in [2.45, 2.75) is 13.8 Å². The highest BCUT2D eigenvalue weighted by atomic mass is 35.5. The average Bonchev–Trinajstić information content (AvgIpc) is 2.36. The average molecular weight is 284 g/mol. The van der Waals surface area contributed by atoms with Crippen molar-refractivity contribution < 1.29 is 14.3 Å². The van der Waals surface area contributed by atoms with Gasteiger partial charge in [0.05, 0.1) is 6.61 Å². The minimum absolute atomic E-state index is 0.0613. The molecule has 0 aliphatic carbocycles. The SMILES string of the molecule is CC(C)COC(=O)CN(C)C(=O)c1ccc(Cl)cc1. The lowest BCUT2D eigenvalue weighted by Gasteiger charge is -2.16. The number of carbonyl (C=O) groups is 2. The molecule has 0 bridgehead atoms. The maximum absolute atomic E-state index is 12.0. The maximum atomic E-state index is 12.0. The third-order valence-corrected chi connectivity index (χ3v) is 2.63. The van der Waals surface area contributed by atoms with E-state index in [1.54, 1.807) is 31.3 Å². The van der Waals surface area contributed by atoms with Gasteiger partial charge in [0.25, 0.3) is 5.91 Å². The Morgan fingerprint density at radius 1 is 1.26 bits per heavy atom. The number of carbonyl (C=O) groups excluding carboxylic acids is 2. The van der Waals surface area contributed by atoms with Crippen LogP contribution >= 0.6 is 11.6 Å². The highest BCUT2D eigenvalue weighted by molar-refractivity contribution is 6.30. The van der Waals surface area contributed by atoms with Gasteiger partial charge in [-0.15, -0.1) is 0 Å². The van der Waals surface area contributed by atoms with E-state index in [1.165, 1.54) is 4.90 Å². The molecule has 0 radical (unpaired) electrons. The van der Waals surface area contributed by atoms with Crippen molar-refractivity contribution in [1.29, 1.82) is 0 Å². The second-order valence-corrected chi connectivity index (χ2v) is 5.18. The zero-order valence-electron chi connectivity index (χ0n) is 11.4. The summed E-state index contributed by atoms with van der Waals surface area (Å²) in [4.78, 5) is 24.8. The summed E-state index contributed by atoms with van der Waals surface area (Å²) in [6, 6.07) is 6.53. The first-order chi connectivity index (χ1) is 8.90. The predicted molar refractivity (Wildman–Crippen MR) is 74.2 cm³/mol. The van der Waals surface area contributed by atoms with Crippen LogP contribution in [0.3, 0.4) is 0 Å². The number of benzene rings is 1. The van der Waals surface area contributed by atoms with Gasteiger partial charge in [-0.3, -0.25) is 9.59 Å². The number of hydrogen-bond acceptors (Lipinski definition) is 3. The Morgan fingerprint density at radius 3 is 2.37 bits per heavy atom. The molecule has 0 spiro atoms. The first-order valence-electron chi connectivity index (χ1n) is 6.06. The second kappa shape index (κ2) is 7.14. The number of ether oxygens (including phenoxy) is 1. The Labute approximate surface area is 118 Å². The van der Waals surface area contributed by atoms with Gasteiger partial charge in [0.2, 0.25) is 0 Å². The number of hydrogen-bond donors (Lipinski definition) is 0. The number of esters is 1. The third kappa shape index (κ3) is 5.30.